The molecule has 1 aliphatic rings. The number of nitrogens with zero attached hydrogens (tertiary/aromatic N) is 1. The number of aromatic nitrogens is 1. The lowest BCUT2D eigenvalue weighted by molar-refractivity contribution is 0.358. The Morgan fingerprint density at radius 3 is 2.94 bits per heavy atom. The van der Waals surface area contributed by atoms with Crippen molar-refractivity contribution in [2.45, 2.75) is 57.4 Å². The maximum atomic E-state index is 6.62. The van der Waals surface area contributed by atoms with E-state index in [1.54, 1.807) is 0 Å². The minimum Gasteiger partial charge on any atom is -0.325 e. The molecular formula is C15H23BrN2. The van der Waals surface area contributed by atoms with Crippen LogP contribution in [0.2, 0.25) is 0 Å². The van der Waals surface area contributed by atoms with Crippen LogP contribution < -0.4 is 5.73 Å². The highest BCUT2D eigenvalue weighted by atomic mass is 79.9. The third-order valence-electron chi connectivity index (χ3n) is 4.23. The third-order valence-corrected chi connectivity index (χ3v) is 4.67. The molecule has 0 amide bonds. The van der Waals surface area contributed by atoms with E-state index >= 15 is 0 Å². The van der Waals surface area contributed by atoms with Crippen molar-refractivity contribution in [3.8, 4) is 0 Å². The third kappa shape index (κ3) is 3.79. The van der Waals surface area contributed by atoms with Crippen LogP contribution in [0, 0.1) is 5.92 Å². The average molecular weight is 311 g/mol. The van der Waals surface area contributed by atoms with Crippen molar-refractivity contribution >= 4 is 15.9 Å². The first-order valence-electron chi connectivity index (χ1n) is 6.99. The van der Waals surface area contributed by atoms with Crippen molar-refractivity contribution in [2.24, 2.45) is 11.7 Å². The number of hydrogen-bond acceptors (Lipinski definition) is 2. The van der Waals surface area contributed by atoms with E-state index in [1.165, 1.54) is 31.2 Å². The van der Waals surface area contributed by atoms with E-state index in [9.17, 15) is 0 Å². The average Bonchev–Trinajstić information content (AvgIpc) is 2.51. The molecule has 1 aromatic rings. The summed E-state index contributed by atoms with van der Waals surface area (Å²) in [5.74, 6) is 0.885. The second-order valence-corrected chi connectivity index (χ2v) is 6.67. The van der Waals surface area contributed by atoms with E-state index in [4.69, 9.17) is 5.73 Å². The van der Waals surface area contributed by atoms with E-state index in [2.05, 4.69) is 33.9 Å². The first-order valence-corrected chi connectivity index (χ1v) is 7.79. The zero-order valence-corrected chi connectivity index (χ0v) is 12.7. The van der Waals surface area contributed by atoms with E-state index in [-0.39, 0.29) is 5.54 Å². The molecule has 0 saturated heterocycles. The topological polar surface area (TPSA) is 38.9 Å². The molecule has 0 bridgehead atoms. The van der Waals surface area contributed by atoms with Gasteiger partial charge in [0.2, 0.25) is 0 Å². The van der Waals surface area contributed by atoms with Gasteiger partial charge >= 0.3 is 0 Å². The van der Waals surface area contributed by atoms with E-state index in [1.807, 2.05) is 12.4 Å². The van der Waals surface area contributed by atoms with Crippen LogP contribution in [0.3, 0.4) is 0 Å². The van der Waals surface area contributed by atoms with Crippen LogP contribution >= 0.6 is 15.9 Å². The molecule has 1 fully saturated rings. The van der Waals surface area contributed by atoms with Gasteiger partial charge in [-0.15, -0.1) is 0 Å². The molecule has 2 nitrogen and oxygen atoms in total. The van der Waals surface area contributed by atoms with Gasteiger partial charge in [0.05, 0.1) is 0 Å². The Morgan fingerprint density at radius 1 is 1.39 bits per heavy atom. The first kappa shape index (κ1) is 14.0. The summed E-state index contributed by atoms with van der Waals surface area (Å²) in [6, 6.07) is 2.14. The lowest BCUT2D eigenvalue weighted by Gasteiger charge is -2.28. The van der Waals surface area contributed by atoms with Crippen LogP contribution in [0.1, 0.15) is 51.0 Å². The van der Waals surface area contributed by atoms with Crippen LogP contribution in [0.25, 0.3) is 0 Å². The molecule has 100 valence electrons. The zero-order chi connectivity index (χ0) is 13.0. The summed E-state index contributed by atoms with van der Waals surface area (Å²) in [4.78, 5) is 4.23. The van der Waals surface area contributed by atoms with Gasteiger partial charge in [0.15, 0.2) is 0 Å². The predicted octanol–water partition coefficient (Wildman–Crippen LogP) is 4.07. The highest BCUT2D eigenvalue weighted by molar-refractivity contribution is 9.10. The first-order chi connectivity index (χ1) is 8.61. The lowest BCUT2D eigenvalue weighted by atomic mass is 9.85. The Kier molecular flexibility index (Phi) is 4.79. The monoisotopic (exact) mass is 310 g/mol. The van der Waals surface area contributed by atoms with Crippen LogP contribution in [0.5, 0.6) is 0 Å². The lowest BCUT2D eigenvalue weighted by Crippen LogP contribution is -2.41. The normalized spacial score (nSPS) is 28.9. The van der Waals surface area contributed by atoms with Crippen molar-refractivity contribution < 1.29 is 0 Å². The number of rotatable bonds is 3. The Bertz CT molecular complexity index is 394. The molecule has 1 aromatic heterocycles. The van der Waals surface area contributed by atoms with Crippen molar-refractivity contribution in [1.29, 1.82) is 0 Å². The van der Waals surface area contributed by atoms with Crippen molar-refractivity contribution in [2.75, 3.05) is 0 Å². The Balaban J connectivity index is 2.02. The van der Waals surface area contributed by atoms with Crippen molar-refractivity contribution in [1.82, 2.24) is 4.98 Å². The van der Waals surface area contributed by atoms with Crippen LogP contribution in [-0.4, -0.2) is 10.5 Å². The molecule has 2 rings (SSSR count). The molecule has 1 saturated carbocycles. The Labute approximate surface area is 119 Å². The standard InChI is InChI=1S/C15H23BrN2/c1-2-12-4-3-6-15(17,7-5-12)9-13-8-14(16)11-18-10-13/h8,10-12H,2-7,9,17H2,1H3. The molecule has 0 aromatic carbocycles. The number of pyridine rings is 1. The maximum Gasteiger partial charge on any atom is 0.0410 e. The van der Waals surface area contributed by atoms with Gasteiger partial charge in [0, 0.05) is 22.4 Å². The van der Waals surface area contributed by atoms with Crippen LogP contribution in [0.4, 0.5) is 0 Å². The van der Waals surface area contributed by atoms with Gasteiger partial charge in [-0.3, -0.25) is 4.98 Å². The van der Waals surface area contributed by atoms with Crippen LogP contribution in [-0.2, 0) is 6.42 Å². The fraction of sp³-hybridized carbons (Fsp3) is 0.667. The summed E-state index contributed by atoms with van der Waals surface area (Å²) in [5.41, 5.74) is 7.85. The molecule has 3 heteroatoms. The van der Waals surface area contributed by atoms with Crippen LogP contribution in [0.15, 0.2) is 22.9 Å². The zero-order valence-electron chi connectivity index (χ0n) is 11.2. The maximum absolute atomic E-state index is 6.62. The van der Waals surface area contributed by atoms with E-state index in [0.29, 0.717) is 0 Å². The molecule has 2 N–H and O–H groups in total. The number of nitrogens with two attached hydrogens (primary N) is 1. The largest absolute Gasteiger partial charge is 0.325 e. The molecule has 1 heterocycles. The summed E-state index contributed by atoms with van der Waals surface area (Å²) < 4.78 is 1.05. The predicted molar refractivity (Wildman–Crippen MR) is 79.4 cm³/mol. The van der Waals surface area contributed by atoms with Crippen molar-refractivity contribution in [3.05, 3.63) is 28.5 Å². The highest BCUT2D eigenvalue weighted by Gasteiger charge is 2.29. The second kappa shape index (κ2) is 6.16. The summed E-state index contributed by atoms with van der Waals surface area (Å²) >= 11 is 3.48. The SMILES string of the molecule is CCC1CCCC(N)(Cc2cncc(Br)c2)CC1. The van der Waals surface area contributed by atoms with Gasteiger partial charge in [-0.2, -0.15) is 0 Å². The van der Waals surface area contributed by atoms with E-state index < -0.39 is 0 Å². The molecule has 2 unspecified atom stereocenters. The van der Waals surface area contributed by atoms with Gasteiger partial charge in [-0.25, -0.2) is 0 Å². The number of halogens is 1. The minimum atomic E-state index is -0.0214. The summed E-state index contributed by atoms with van der Waals surface area (Å²) in [6.07, 6.45) is 12.2. The van der Waals surface area contributed by atoms with Gasteiger partial charge in [-0.05, 0) is 59.2 Å². The molecule has 18 heavy (non-hydrogen) atoms. The van der Waals surface area contributed by atoms with Gasteiger partial charge in [-0.1, -0.05) is 26.2 Å². The molecule has 0 aliphatic heterocycles. The van der Waals surface area contributed by atoms with Gasteiger partial charge < -0.3 is 5.73 Å². The van der Waals surface area contributed by atoms with Crippen molar-refractivity contribution in [3.63, 3.8) is 0 Å². The molecule has 0 spiro atoms. The quantitative estimate of drug-likeness (QED) is 0.855. The minimum absolute atomic E-state index is 0.0214. The summed E-state index contributed by atoms with van der Waals surface area (Å²) in [7, 11) is 0. The Hall–Kier alpha value is -0.410. The molecule has 1 aliphatic carbocycles. The highest BCUT2D eigenvalue weighted by Crippen LogP contribution is 2.32. The summed E-state index contributed by atoms with van der Waals surface area (Å²) in [5, 5.41) is 0. The fourth-order valence-electron chi connectivity index (χ4n) is 3.05. The second-order valence-electron chi connectivity index (χ2n) is 5.76. The van der Waals surface area contributed by atoms with E-state index in [0.717, 1.165) is 29.7 Å². The summed E-state index contributed by atoms with van der Waals surface area (Å²) in [6.45, 7) is 2.30. The molecule has 2 atom stereocenters. The fourth-order valence-corrected chi connectivity index (χ4v) is 3.46. The van der Waals surface area contributed by atoms with Gasteiger partial charge in [0.1, 0.15) is 0 Å². The molecule has 0 radical (unpaired) electrons. The molecular weight excluding hydrogens is 288 g/mol. The smallest absolute Gasteiger partial charge is 0.0410 e. The van der Waals surface area contributed by atoms with Gasteiger partial charge in [0.25, 0.3) is 0 Å². The Morgan fingerprint density at radius 2 is 2.22 bits per heavy atom. The number of hydrogen-bond donors (Lipinski definition) is 1.